The van der Waals surface area contributed by atoms with Gasteiger partial charge in [0.05, 0.1) is 15.1 Å². The van der Waals surface area contributed by atoms with Crippen molar-refractivity contribution >= 4 is 21.8 Å². The molecule has 1 aliphatic heterocycles. The van der Waals surface area contributed by atoms with Crippen LogP contribution in [0, 0.1) is 0 Å². The van der Waals surface area contributed by atoms with Crippen molar-refractivity contribution in [3.63, 3.8) is 0 Å². The summed E-state index contributed by atoms with van der Waals surface area (Å²) in [5.41, 5.74) is 1.69. The highest BCUT2D eigenvalue weighted by Gasteiger charge is 2.20. The molecule has 2 aromatic carbocycles. The van der Waals surface area contributed by atoms with E-state index in [9.17, 15) is 13.2 Å². The summed E-state index contributed by atoms with van der Waals surface area (Å²) >= 11 is 0. The van der Waals surface area contributed by atoms with Crippen LogP contribution in [0.25, 0.3) is 6.08 Å². The molecular formula is C25H23N3O3S. The molecule has 0 spiro atoms. The minimum absolute atomic E-state index is 0.0593. The Kier molecular flexibility index (Phi) is 6.01. The zero-order valence-corrected chi connectivity index (χ0v) is 18.4. The zero-order valence-electron chi connectivity index (χ0n) is 17.6. The van der Waals surface area contributed by atoms with E-state index >= 15 is 0 Å². The molecule has 162 valence electrons. The minimum atomic E-state index is -3.64. The Bertz CT molecular complexity index is 1360. The maximum Gasteiger partial charge on any atom is 0.249 e. The van der Waals surface area contributed by atoms with Crippen LogP contribution >= 0.6 is 0 Å². The number of aromatic nitrogens is 1. The van der Waals surface area contributed by atoms with Gasteiger partial charge in [-0.1, -0.05) is 37.3 Å². The second-order valence-corrected chi connectivity index (χ2v) is 9.59. The molecule has 4 rings (SSSR count). The lowest BCUT2D eigenvalue weighted by Gasteiger charge is -2.11. The van der Waals surface area contributed by atoms with E-state index in [0.717, 1.165) is 21.7 Å². The third-order valence-electron chi connectivity index (χ3n) is 5.46. The molecule has 0 radical (unpaired) electrons. The van der Waals surface area contributed by atoms with Crippen molar-refractivity contribution in [1.82, 2.24) is 10.3 Å². The van der Waals surface area contributed by atoms with Crippen LogP contribution in [0.15, 0.2) is 94.4 Å². The monoisotopic (exact) mass is 445 g/mol. The number of sulfone groups is 1. The van der Waals surface area contributed by atoms with Gasteiger partial charge in [0.15, 0.2) is 0 Å². The number of benzene rings is 2. The number of fused-ring (bicyclic) bond motifs is 1. The Morgan fingerprint density at radius 1 is 1.16 bits per heavy atom. The van der Waals surface area contributed by atoms with Gasteiger partial charge in [-0.25, -0.2) is 8.42 Å². The zero-order chi connectivity index (χ0) is 22.7. The van der Waals surface area contributed by atoms with E-state index in [1.165, 1.54) is 0 Å². The SMILES string of the molecule is C=CC(C)c1cccc(S(=O)(=O)c2ccc(CNC(=O)C3C=c4cnccc4=N3)cc2)c1. The first-order chi connectivity index (χ1) is 15.4. The molecule has 3 aromatic rings. The Labute approximate surface area is 187 Å². The topological polar surface area (TPSA) is 88.5 Å². The van der Waals surface area contributed by atoms with Crippen molar-refractivity contribution in [1.29, 1.82) is 0 Å². The van der Waals surface area contributed by atoms with Crippen LogP contribution in [-0.4, -0.2) is 25.4 Å². The molecular weight excluding hydrogens is 422 g/mol. The Morgan fingerprint density at radius 3 is 2.66 bits per heavy atom. The lowest BCUT2D eigenvalue weighted by Crippen LogP contribution is -2.31. The van der Waals surface area contributed by atoms with Gasteiger partial charge in [-0.3, -0.25) is 14.8 Å². The fraction of sp³-hybridized carbons (Fsp3) is 0.160. The third-order valence-corrected chi connectivity index (χ3v) is 7.23. The number of carbonyl (C=O) groups excluding carboxylic acids is 1. The van der Waals surface area contributed by atoms with Gasteiger partial charge in [-0.05, 0) is 53.5 Å². The van der Waals surface area contributed by atoms with Gasteiger partial charge in [0.2, 0.25) is 15.7 Å². The van der Waals surface area contributed by atoms with Gasteiger partial charge in [0.1, 0.15) is 6.04 Å². The summed E-state index contributed by atoms with van der Waals surface area (Å²) in [7, 11) is -3.64. The molecule has 1 N–H and O–H groups in total. The first-order valence-electron chi connectivity index (χ1n) is 10.2. The van der Waals surface area contributed by atoms with Gasteiger partial charge >= 0.3 is 0 Å². The molecule has 7 heteroatoms. The molecule has 2 heterocycles. The average molecular weight is 446 g/mol. The van der Waals surface area contributed by atoms with Crippen LogP contribution in [-0.2, 0) is 21.2 Å². The number of allylic oxidation sites excluding steroid dienone is 1. The van der Waals surface area contributed by atoms with Crippen molar-refractivity contribution in [2.24, 2.45) is 4.99 Å². The highest BCUT2D eigenvalue weighted by molar-refractivity contribution is 7.91. The van der Waals surface area contributed by atoms with Crippen molar-refractivity contribution < 1.29 is 13.2 Å². The Balaban J connectivity index is 1.44. The van der Waals surface area contributed by atoms with Crippen molar-refractivity contribution in [3.05, 3.63) is 101 Å². The van der Waals surface area contributed by atoms with E-state index in [4.69, 9.17) is 0 Å². The normalized spacial score (nSPS) is 15.7. The third kappa shape index (κ3) is 4.38. The fourth-order valence-electron chi connectivity index (χ4n) is 3.45. The molecule has 2 atom stereocenters. The van der Waals surface area contributed by atoms with Gasteiger partial charge in [-0.2, -0.15) is 0 Å². The minimum Gasteiger partial charge on any atom is -0.350 e. The second kappa shape index (κ2) is 8.88. The quantitative estimate of drug-likeness (QED) is 0.565. The van der Waals surface area contributed by atoms with Crippen LogP contribution in [0.3, 0.4) is 0 Å². The number of nitrogens with zero attached hydrogens (tertiary/aromatic N) is 2. The van der Waals surface area contributed by atoms with Crippen LogP contribution in [0.2, 0.25) is 0 Å². The smallest absolute Gasteiger partial charge is 0.249 e. The number of pyridine rings is 1. The molecule has 0 saturated carbocycles. The van der Waals surface area contributed by atoms with Gasteiger partial charge in [0.25, 0.3) is 0 Å². The molecule has 32 heavy (non-hydrogen) atoms. The molecule has 0 fully saturated rings. The molecule has 0 saturated heterocycles. The predicted molar refractivity (Wildman–Crippen MR) is 122 cm³/mol. The molecule has 0 aliphatic carbocycles. The maximum absolute atomic E-state index is 13.0. The summed E-state index contributed by atoms with van der Waals surface area (Å²) in [6.07, 6.45) is 6.87. The van der Waals surface area contributed by atoms with E-state index in [1.54, 1.807) is 73.1 Å². The molecule has 1 aliphatic rings. The van der Waals surface area contributed by atoms with Crippen LogP contribution in [0.5, 0.6) is 0 Å². The molecule has 0 bridgehead atoms. The van der Waals surface area contributed by atoms with Crippen molar-refractivity contribution in [3.8, 4) is 0 Å². The first-order valence-corrected chi connectivity index (χ1v) is 11.7. The number of rotatable bonds is 7. The van der Waals surface area contributed by atoms with Crippen LogP contribution in [0.1, 0.15) is 24.0 Å². The maximum atomic E-state index is 13.0. The Hall–Kier alpha value is -3.58. The summed E-state index contributed by atoms with van der Waals surface area (Å²) in [5, 5.41) is 4.44. The molecule has 2 unspecified atom stereocenters. The van der Waals surface area contributed by atoms with Gasteiger partial charge in [0, 0.05) is 24.2 Å². The number of amides is 1. The molecule has 6 nitrogen and oxygen atoms in total. The number of hydrogen-bond donors (Lipinski definition) is 1. The van der Waals surface area contributed by atoms with E-state index in [-0.39, 0.29) is 28.2 Å². The standard InChI is InChI=1S/C25H23N3O3S/c1-3-17(2)19-5-4-6-22(13-19)32(30,31)21-9-7-18(8-10-21)15-27-25(29)24-14-20-16-26-12-11-23(20)28-24/h3-14,16-17,24H,1,15H2,2H3,(H,27,29). The highest BCUT2D eigenvalue weighted by Crippen LogP contribution is 2.25. The fourth-order valence-corrected chi connectivity index (χ4v) is 4.77. The first kappa shape index (κ1) is 21.6. The van der Waals surface area contributed by atoms with E-state index in [1.807, 2.05) is 13.0 Å². The van der Waals surface area contributed by atoms with E-state index in [0.29, 0.717) is 0 Å². The molecule has 1 aromatic heterocycles. The predicted octanol–water partition coefficient (Wildman–Crippen LogP) is 2.30. The summed E-state index contributed by atoms with van der Waals surface area (Å²) in [6, 6.07) is 14.6. The second-order valence-electron chi connectivity index (χ2n) is 7.64. The number of carbonyl (C=O) groups is 1. The summed E-state index contributed by atoms with van der Waals surface area (Å²) in [6.45, 7) is 6.02. The summed E-state index contributed by atoms with van der Waals surface area (Å²) < 4.78 is 26.1. The van der Waals surface area contributed by atoms with Crippen LogP contribution in [0.4, 0.5) is 0 Å². The largest absolute Gasteiger partial charge is 0.350 e. The number of hydrogen-bond acceptors (Lipinski definition) is 5. The van der Waals surface area contributed by atoms with E-state index in [2.05, 4.69) is 21.9 Å². The number of nitrogens with one attached hydrogen (secondary N) is 1. The van der Waals surface area contributed by atoms with Crippen LogP contribution < -0.4 is 15.9 Å². The lowest BCUT2D eigenvalue weighted by atomic mass is 10.0. The van der Waals surface area contributed by atoms with Gasteiger partial charge < -0.3 is 5.32 Å². The summed E-state index contributed by atoms with van der Waals surface area (Å²) in [5.74, 6) is -0.157. The lowest BCUT2D eigenvalue weighted by molar-refractivity contribution is -0.121. The van der Waals surface area contributed by atoms with Crippen molar-refractivity contribution in [2.45, 2.75) is 35.2 Å². The Morgan fingerprint density at radius 2 is 1.94 bits per heavy atom. The van der Waals surface area contributed by atoms with E-state index < -0.39 is 15.9 Å². The van der Waals surface area contributed by atoms with Crippen molar-refractivity contribution in [2.75, 3.05) is 0 Å². The summed E-state index contributed by atoms with van der Waals surface area (Å²) in [4.78, 5) is 21.3. The average Bonchev–Trinajstić information content (AvgIpc) is 3.27. The molecule has 1 amide bonds. The highest BCUT2D eigenvalue weighted by atomic mass is 32.2. The van der Waals surface area contributed by atoms with Gasteiger partial charge in [-0.15, -0.1) is 6.58 Å².